The molecule has 0 saturated heterocycles. The molecule has 0 radical (unpaired) electrons. The first-order valence-corrected chi connectivity index (χ1v) is 17.5. The summed E-state index contributed by atoms with van der Waals surface area (Å²) >= 11 is 0. The number of fused-ring (bicyclic) bond motifs is 1. The fraction of sp³-hybridized carbons (Fsp3) is 0.310. The highest BCUT2D eigenvalue weighted by molar-refractivity contribution is 6.14. The second-order valence-electron chi connectivity index (χ2n) is 13.7. The van der Waals surface area contributed by atoms with Crippen molar-refractivity contribution in [1.82, 2.24) is 5.32 Å². The summed E-state index contributed by atoms with van der Waals surface area (Å²) in [6.45, 7) is 5.26. The summed E-state index contributed by atoms with van der Waals surface area (Å²) in [5.41, 5.74) is 9.73. The fourth-order valence-electron chi connectivity index (χ4n) is 6.00. The first kappa shape index (κ1) is 41.4. The zero-order valence-electron chi connectivity index (χ0n) is 31.8. The van der Waals surface area contributed by atoms with Crippen molar-refractivity contribution < 1.29 is 48.0 Å². The number of carboxylic acid groups (broad SMARTS) is 1. The minimum Gasteiger partial charge on any atom is -0.497 e. The Hall–Kier alpha value is -6.37. The number of carbonyl (C=O) groups excluding carboxylic acids is 4. The Kier molecular flexibility index (Phi) is 14.0. The van der Waals surface area contributed by atoms with Crippen LogP contribution < -0.4 is 25.4 Å². The van der Waals surface area contributed by atoms with Gasteiger partial charge in [-0.2, -0.15) is 0 Å². The number of ketones is 1. The standard InChI is InChI=1S/C32H36N2O9.C10H11NO/c1-32(2,3)43-31(39)33-18-20-8-7-9-22(16-20)28(35)27(29(36)37)34(24-13-10-21(11-14-24)30(38)42-6)19-23-12-15-25(40-4)17-26(23)41-5;11-10(12)9-5-4-7-2-1-3-8(7)6-9/h7-17,27H,18-19H2,1-6H3,(H,33,39)(H,36,37);4-6H,1-3H2,(H2,11,12)/t27-;/m0./s1. The minimum atomic E-state index is -1.66. The molecule has 0 bridgehead atoms. The topological polar surface area (TPSA) is 184 Å². The van der Waals surface area contributed by atoms with Gasteiger partial charge in [-0.1, -0.05) is 24.3 Å². The van der Waals surface area contributed by atoms with Crippen molar-refractivity contribution in [3.8, 4) is 11.5 Å². The molecule has 4 aromatic carbocycles. The van der Waals surface area contributed by atoms with Gasteiger partial charge in [-0.05, 0) is 111 Å². The third-order valence-corrected chi connectivity index (χ3v) is 8.68. The van der Waals surface area contributed by atoms with E-state index in [0.717, 1.165) is 12.8 Å². The van der Waals surface area contributed by atoms with Crippen LogP contribution in [0.4, 0.5) is 10.5 Å². The number of anilines is 1. The maximum atomic E-state index is 13.9. The number of Topliss-reactive ketones (excluding diaryl/α,β-unsaturated/α-hetero) is 1. The predicted molar refractivity (Wildman–Crippen MR) is 206 cm³/mol. The molecular weight excluding hydrogens is 706 g/mol. The molecular formula is C42H47N3O10. The summed E-state index contributed by atoms with van der Waals surface area (Å²) in [6, 6.07) is 21.6. The van der Waals surface area contributed by atoms with Crippen LogP contribution in [0.15, 0.2) is 84.9 Å². The van der Waals surface area contributed by atoms with Crippen LogP contribution in [0.5, 0.6) is 11.5 Å². The zero-order valence-corrected chi connectivity index (χ0v) is 31.8. The van der Waals surface area contributed by atoms with Gasteiger partial charge in [0.15, 0.2) is 11.8 Å². The number of nitrogens with zero attached hydrogens (tertiary/aromatic N) is 1. The predicted octanol–water partition coefficient (Wildman–Crippen LogP) is 6.13. The Labute approximate surface area is 320 Å². The number of alkyl carbamates (subject to hydrolysis) is 1. The van der Waals surface area contributed by atoms with Gasteiger partial charge in [0.05, 0.1) is 26.9 Å². The van der Waals surface area contributed by atoms with E-state index in [0.29, 0.717) is 33.9 Å². The average Bonchev–Trinajstić information content (AvgIpc) is 3.64. The highest BCUT2D eigenvalue weighted by Crippen LogP contribution is 2.30. The van der Waals surface area contributed by atoms with E-state index >= 15 is 0 Å². The highest BCUT2D eigenvalue weighted by atomic mass is 16.6. The smallest absolute Gasteiger partial charge is 0.407 e. The van der Waals surface area contributed by atoms with E-state index in [1.54, 1.807) is 63.2 Å². The third-order valence-electron chi connectivity index (χ3n) is 8.68. The molecule has 0 aliphatic heterocycles. The number of aliphatic carboxylic acids is 1. The summed E-state index contributed by atoms with van der Waals surface area (Å²) in [5.74, 6) is -1.98. The number of carbonyl (C=O) groups is 5. The van der Waals surface area contributed by atoms with Crippen molar-refractivity contribution in [3.05, 3.63) is 124 Å². The summed E-state index contributed by atoms with van der Waals surface area (Å²) in [5, 5.41) is 13.0. The lowest BCUT2D eigenvalue weighted by molar-refractivity contribution is -0.137. The normalized spacial score (nSPS) is 12.2. The van der Waals surface area contributed by atoms with Gasteiger partial charge < -0.3 is 40.0 Å². The molecule has 4 N–H and O–H groups in total. The van der Waals surface area contributed by atoms with E-state index in [9.17, 15) is 29.1 Å². The van der Waals surface area contributed by atoms with Crippen molar-refractivity contribution in [3.63, 3.8) is 0 Å². The van der Waals surface area contributed by atoms with E-state index in [1.165, 1.54) is 68.0 Å². The maximum Gasteiger partial charge on any atom is 0.407 e. The fourth-order valence-corrected chi connectivity index (χ4v) is 6.00. The van der Waals surface area contributed by atoms with Gasteiger partial charge in [0.25, 0.3) is 0 Å². The molecule has 1 atom stereocenters. The molecule has 4 aromatic rings. The lowest BCUT2D eigenvalue weighted by atomic mass is 9.99. The number of rotatable bonds is 13. The number of nitrogens with two attached hydrogens (primary N) is 1. The number of hydrogen-bond donors (Lipinski definition) is 3. The number of esters is 1. The lowest BCUT2D eigenvalue weighted by Crippen LogP contribution is -2.47. The third kappa shape index (κ3) is 11.3. The monoisotopic (exact) mass is 753 g/mol. The van der Waals surface area contributed by atoms with Crippen LogP contribution in [-0.2, 0) is 40.2 Å². The molecule has 2 amide bonds. The Bertz CT molecular complexity index is 2020. The minimum absolute atomic E-state index is 0.0344. The van der Waals surface area contributed by atoms with Crippen LogP contribution in [0.3, 0.4) is 0 Å². The molecule has 13 heteroatoms. The molecule has 0 unspecified atom stereocenters. The molecule has 13 nitrogen and oxygen atoms in total. The Morgan fingerprint density at radius 2 is 1.51 bits per heavy atom. The molecule has 290 valence electrons. The average molecular weight is 754 g/mol. The number of amides is 2. The van der Waals surface area contributed by atoms with Crippen LogP contribution in [0.2, 0.25) is 0 Å². The molecule has 0 saturated carbocycles. The summed E-state index contributed by atoms with van der Waals surface area (Å²) < 4.78 is 20.8. The Morgan fingerprint density at radius 3 is 2.13 bits per heavy atom. The second kappa shape index (κ2) is 18.6. The van der Waals surface area contributed by atoms with E-state index in [1.807, 2.05) is 18.2 Å². The van der Waals surface area contributed by atoms with Crippen LogP contribution >= 0.6 is 0 Å². The van der Waals surface area contributed by atoms with Crippen molar-refractivity contribution >= 4 is 35.4 Å². The largest absolute Gasteiger partial charge is 0.497 e. The van der Waals surface area contributed by atoms with Crippen LogP contribution in [0.1, 0.15) is 80.5 Å². The number of primary amides is 1. The molecule has 1 aliphatic rings. The van der Waals surface area contributed by atoms with Gasteiger partial charge in [0.1, 0.15) is 17.1 Å². The lowest BCUT2D eigenvalue weighted by Gasteiger charge is -2.31. The number of carboxylic acids is 1. The number of benzene rings is 4. The van der Waals surface area contributed by atoms with Crippen molar-refractivity contribution in [2.24, 2.45) is 5.73 Å². The highest BCUT2D eigenvalue weighted by Gasteiger charge is 2.35. The molecule has 0 aromatic heterocycles. The van der Waals surface area contributed by atoms with E-state index in [-0.39, 0.29) is 30.1 Å². The van der Waals surface area contributed by atoms with Gasteiger partial charge in [0, 0.05) is 41.5 Å². The van der Waals surface area contributed by atoms with Gasteiger partial charge in [-0.3, -0.25) is 9.59 Å². The number of nitrogens with one attached hydrogen (secondary N) is 1. The van der Waals surface area contributed by atoms with Gasteiger partial charge >= 0.3 is 18.0 Å². The Balaban J connectivity index is 0.000000470. The van der Waals surface area contributed by atoms with Crippen LogP contribution in [0, 0.1) is 0 Å². The number of hydrogen-bond acceptors (Lipinski definition) is 10. The number of ether oxygens (including phenoxy) is 4. The first-order valence-electron chi connectivity index (χ1n) is 17.5. The number of methoxy groups -OCH3 is 3. The maximum absolute atomic E-state index is 13.9. The zero-order chi connectivity index (χ0) is 40.3. The molecule has 0 heterocycles. The van der Waals surface area contributed by atoms with E-state index in [2.05, 4.69) is 5.32 Å². The second-order valence-corrected chi connectivity index (χ2v) is 13.7. The number of aryl methyl sites for hydroxylation is 2. The van der Waals surface area contributed by atoms with Gasteiger partial charge in [-0.15, -0.1) is 0 Å². The van der Waals surface area contributed by atoms with Gasteiger partial charge in [0.2, 0.25) is 5.91 Å². The van der Waals surface area contributed by atoms with Crippen LogP contribution in [-0.4, -0.2) is 67.8 Å². The summed E-state index contributed by atoms with van der Waals surface area (Å²) in [6.07, 6.45) is 2.82. The summed E-state index contributed by atoms with van der Waals surface area (Å²) in [7, 11) is 4.25. The molecule has 55 heavy (non-hydrogen) atoms. The van der Waals surface area contributed by atoms with Crippen molar-refractivity contribution in [1.29, 1.82) is 0 Å². The first-order chi connectivity index (χ1) is 26.1. The summed E-state index contributed by atoms with van der Waals surface area (Å²) in [4.78, 5) is 63.0. The Morgan fingerprint density at radius 1 is 0.818 bits per heavy atom. The van der Waals surface area contributed by atoms with Gasteiger partial charge in [-0.25, -0.2) is 14.4 Å². The molecule has 5 rings (SSSR count). The quantitative estimate of drug-likeness (QED) is 0.0811. The molecule has 0 fully saturated rings. The molecule has 0 spiro atoms. The van der Waals surface area contributed by atoms with Crippen molar-refractivity contribution in [2.45, 2.75) is 64.8 Å². The van der Waals surface area contributed by atoms with Crippen molar-refractivity contribution in [2.75, 3.05) is 26.2 Å². The SMILES string of the molecule is COC(=O)c1ccc(N(Cc2ccc(OC)cc2OC)[C@H](C(=O)O)C(=O)c2cccc(CNC(=O)OC(C)(C)C)c2)cc1.NC(=O)c1ccc2c(c1)CCC2. The molecule has 1 aliphatic carbocycles. The van der Waals surface area contributed by atoms with E-state index < -0.39 is 35.5 Å². The van der Waals surface area contributed by atoms with Crippen LogP contribution in [0.25, 0.3) is 0 Å². The van der Waals surface area contributed by atoms with E-state index in [4.69, 9.17) is 24.7 Å².